The van der Waals surface area contributed by atoms with Crippen LogP contribution in [0.5, 0.6) is 0 Å². The summed E-state index contributed by atoms with van der Waals surface area (Å²) in [5, 5.41) is 4.19. The highest BCUT2D eigenvalue weighted by Crippen LogP contribution is 2.41. The van der Waals surface area contributed by atoms with Crippen molar-refractivity contribution in [3.63, 3.8) is 0 Å². The Bertz CT molecular complexity index is 423. The van der Waals surface area contributed by atoms with Crippen molar-refractivity contribution in [1.82, 2.24) is 10.1 Å². The summed E-state index contributed by atoms with van der Waals surface area (Å²) in [7, 11) is 1.74. The number of hydrogen-bond acceptors (Lipinski definition) is 5. The molecule has 1 saturated carbocycles. The summed E-state index contributed by atoms with van der Waals surface area (Å²) >= 11 is 0. The maximum Gasteiger partial charge on any atom is 0.231 e. The highest BCUT2D eigenvalue weighted by atomic mass is 16.5. The van der Waals surface area contributed by atoms with E-state index in [1.807, 2.05) is 6.92 Å². The lowest BCUT2D eigenvalue weighted by Gasteiger charge is -2.35. The molecule has 0 spiro atoms. The largest absolute Gasteiger partial charge is 0.370 e. The molecular formula is C15H27N3O2. The van der Waals surface area contributed by atoms with Gasteiger partial charge >= 0.3 is 0 Å². The van der Waals surface area contributed by atoms with Crippen molar-refractivity contribution in [3.05, 3.63) is 11.7 Å². The predicted octanol–water partition coefficient (Wildman–Crippen LogP) is 2.96. The van der Waals surface area contributed by atoms with E-state index in [4.69, 9.17) is 15.0 Å². The molecule has 1 heterocycles. The third kappa shape index (κ3) is 2.88. The van der Waals surface area contributed by atoms with Crippen LogP contribution >= 0.6 is 0 Å². The van der Waals surface area contributed by atoms with E-state index in [2.05, 4.69) is 24.0 Å². The molecule has 2 unspecified atom stereocenters. The fraction of sp³-hybridized carbons (Fsp3) is 0.867. The first-order chi connectivity index (χ1) is 9.52. The van der Waals surface area contributed by atoms with Gasteiger partial charge in [-0.15, -0.1) is 0 Å². The Kier molecular flexibility index (Phi) is 4.81. The van der Waals surface area contributed by atoms with Gasteiger partial charge in [0.1, 0.15) is 5.60 Å². The molecule has 5 nitrogen and oxygen atoms in total. The molecule has 2 N–H and O–H groups in total. The Morgan fingerprint density at radius 3 is 2.60 bits per heavy atom. The SMILES string of the molecule is CCC(c1nc(C2(OC)CCC(C)CC2)no1)C(C)N. The highest BCUT2D eigenvalue weighted by molar-refractivity contribution is 5.06. The minimum atomic E-state index is -0.371. The van der Waals surface area contributed by atoms with E-state index in [-0.39, 0.29) is 17.6 Å². The van der Waals surface area contributed by atoms with Gasteiger partial charge in [-0.2, -0.15) is 4.98 Å². The van der Waals surface area contributed by atoms with Crippen molar-refractivity contribution in [1.29, 1.82) is 0 Å². The number of methoxy groups -OCH3 is 1. The van der Waals surface area contributed by atoms with Gasteiger partial charge in [0.15, 0.2) is 0 Å². The molecule has 0 amide bonds. The maximum atomic E-state index is 5.99. The Labute approximate surface area is 121 Å². The van der Waals surface area contributed by atoms with Crippen LogP contribution in [0.4, 0.5) is 0 Å². The highest BCUT2D eigenvalue weighted by Gasteiger charge is 2.40. The van der Waals surface area contributed by atoms with E-state index in [0.29, 0.717) is 11.7 Å². The van der Waals surface area contributed by atoms with E-state index in [9.17, 15) is 0 Å². The molecule has 2 rings (SSSR count). The van der Waals surface area contributed by atoms with Crippen LogP contribution in [0.3, 0.4) is 0 Å². The van der Waals surface area contributed by atoms with Gasteiger partial charge in [-0.25, -0.2) is 0 Å². The normalized spacial score (nSPS) is 30.1. The second-order valence-electron chi connectivity index (χ2n) is 6.21. The third-order valence-electron chi connectivity index (χ3n) is 4.71. The second kappa shape index (κ2) is 6.22. The van der Waals surface area contributed by atoms with Gasteiger partial charge in [0.25, 0.3) is 0 Å². The first-order valence-electron chi connectivity index (χ1n) is 7.67. The lowest BCUT2D eigenvalue weighted by Crippen LogP contribution is -2.34. The molecule has 5 heteroatoms. The van der Waals surface area contributed by atoms with Gasteiger partial charge in [0.2, 0.25) is 11.7 Å². The summed E-state index contributed by atoms with van der Waals surface area (Å²) in [6.45, 7) is 6.35. The lowest BCUT2D eigenvalue weighted by molar-refractivity contribution is -0.0609. The molecular weight excluding hydrogens is 254 g/mol. The Hall–Kier alpha value is -0.940. The predicted molar refractivity (Wildman–Crippen MR) is 77.3 cm³/mol. The zero-order chi connectivity index (χ0) is 14.8. The van der Waals surface area contributed by atoms with Crippen LogP contribution in [0.1, 0.15) is 70.5 Å². The molecule has 114 valence electrons. The van der Waals surface area contributed by atoms with E-state index >= 15 is 0 Å². The van der Waals surface area contributed by atoms with Crippen LogP contribution in [-0.2, 0) is 10.3 Å². The number of rotatable bonds is 5. The molecule has 0 aliphatic heterocycles. The standard InChI is InChI=1S/C15H27N3O2/c1-5-12(11(3)16)13-17-14(18-20-13)15(19-4)8-6-10(2)7-9-15/h10-12H,5-9,16H2,1-4H3. The summed E-state index contributed by atoms with van der Waals surface area (Å²) in [6.07, 6.45) is 5.10. The Balaban J connectivity index is 2.22. The summed E-state index contributed by atoms with van der Waals surface area (Å²) < 4.78 is 11.2. The van der Waals surface area contributed by atoms with Gasteiger partial charge in [0.05, 0.1) is 5.92 Å². The summed E-state index contributed by atoms with van der Waals surface area (Å²) in [5.74, 6) is 2.21. The summed E-state index contributed by atoms with van der Waals surface area (Å²) in [6, 6.07) is 0.0122. The van der Waals surface area contributed by atoms with Crippen molar-refractivity contribution in [3.8, 4) is 0 Å². The minimum Gasteiger partial charge on any atom is -0.370 e. The van der Waals surface area contributed by atoms with Crippen LogP contribution in [0.2, 0.25) is 0 Å². The zero-order valence-electron chi connectivity index (χ0n) is 13.1. The molecule has 0 radical (unpaired) electrons. The molecule has 0 aromatic carbocycles. The first-order valence-corrected chi connectivity index (χ1v) is 7.67. The van der Waals surface area contributed by atoms with Crippen LogP contribution in [0.15, 0.2) is 4.52 Å². The minimum absolute atomic E-state index is 0.0122. The van der Waals surface area contributed by atoms with Crippen LogP contribution in [-0.4, -0.2) is 23.3 Å². The number of nitrogens with zero attached hydrogens (tertiary/aromatic N) is 2. The van der Waals surface area contributed by atoms with Crippen molar-refractivity contribution in [2.24, 2.45) is 11.7 Å². The third-order valence-corrected chi connectivity index (χ3v) is 4.71. The monoisotopic (exact) mass is 281 g/mol. The smallest absolute Gasteiger partial charge is 0.231 e. The number of hydrogen-bond donors (Lipinski definition) is 1. The molecule has 1 aliphatic rings. The Morgan fingerprint density at radius 1 is 1.45 bits per heavy atom. The van der Waals surface area contributed by atoms with E-state index in [1.165, 1.54) is 0 Å². The van der Waals surface area contributed by atoms with Crippen LogP contribution in [0.25, 0.3) is 0 Å². The van der Waals surface area contributed by atoms with Gasteiger partial charge in [-0.1, -0.05) is 19.0 Å². The fourth-order valence-corrected chi connectivity index (χ4v) is 3.09. The molecule has 0 saturated heterocycles. The molecule has 1 aliphatic carbocycles. The first kappa shape index (κ1) is 15.4. The lowest BCUT2D eigenvalue weighted by atomic mass is 9.79. The number of aromatic nitrogens is 2. The van der Waals surface area contributed by atoms with Crippen molar-refractivity contribution in [2.45, 2.75) is 70.4 Å². The maximum absolute atomic E-state index is 5.99. The van der Waals surface area contributed by atoms with Gasteiger partial charge in [-0.05, 0) is 44.9 Å². The van der Waals surface area contributed by atoms with Gasteiger partial charge in [-0.3, -0.25) is 0 Å². The fourth-order valence-electron chi connectivity index (χ4n) is 3.09. The molecule has 1 fully saturated rings. The quantitative estimate of drug-likeness (QED) is 0.898. The average Bonchev–Trinajstić information content (AvgIpc) is 2.90. The zero-order valence-corrected chi connectivity index (χ0v) is 13.1. The van der Waals surface area contributed by atoms with Gasteiger partial charge < -0.3 is 15.0 Å². The van der Waals surface area contributed by atoms with E-state index in [0.717, 1.165) is 38.0 Å². The summed E-state index contributed by atoms with van der Waals surface area (Å²) in [4.78, 5) is 4.61. The molecule has 2 atom stereocenters. The second-order valence-corrected chi connectivity index (χ2v) is 6.21. The van der Waals surface area contributed by atoms with Crippen molar-refractivity contribution >= 4 is 0 Å². The molecule has 0 bridgehead atoms. The topological polar surface area (TPSA) is 74.2 Å². The van der Waals surface area contributed by atoms with Crippen LogP contribution in [0, 0.1) is 5.92 Å². The van der Waals surface area contributed by atoms with Crippen molar-refractivity contribution < 1.29 is 9.26 Å². The Morgan fingerprint density at radius 2 is 2.10 bits per heavy atom. The van der Waals surface area contributed by atoms with E-state index in [1.54, 1.807) is 7.11 Å². The van der Waals surface area contributed by atoms with Crippen LogP contribution < -0.4 is 5.73 Å². The molecule has 1 aromatic rings. The number of nitrogens with two attached hydrogens (primary N) is 1. The summed E-state index contributed by atoms with van der Waals surface area (Å²) in [5.41, 5.74) is 5.62. The van der Waals surface area contributed by atoms with Gasteiger partial charge in [0, 0.05) is 13.2 Å². The van der Waals surface area contributed by atoms with E-state index < -0.39 is 0 Å². The molecule has 20 heavy (non-hydrogen) atoms. The molecule has 1 aromatic heterocycles. The number of ether oxygens (including phenoxy) is 1. The average molecular weight is 281 g/mol. The van der Waals surface area contributed by atoms with Crippen molar-refractivity contribution in [2.75, 3.05) is 7.11 Å².